The quantitative estimate of drug-likeness (QED) is 0.838. The second-order valence-corrected chi connectivity index (χ2v) is 6.47. The van der Waals surface area contributed by atoms with Gasteiger partial charge < -0.3 is 10.4 Å². The largest absolute Gasteiger partial charge is 0.501 e. The van der Waals surface area contributed by atoms with E-state index in [1.165, 1.54) is 0 Å². The fourth-order valence-corrected chi connectivity index (χ4v) is 2.82. The van der Waals surface area contributed by atoms with Gasteiger partial charge in [-0.05, 0) is 31.0 Å². The number of halogens is 4. The van der Waals surface area contributed by atoms with Gasteiger partial charge in [0.15, 0.2) is 0 Å². The molecule has 0 spiro atoms. The summed E-state index contributed by atoms with van der Waals surface area (Å²) in [7, 11) is -5.64. The molecule has 1 saturated carbocycles. The monoisotopic (exact) mass is 313 g/mol. The van der Waals surface area contributed by atoms with Crippen LogP contribution in [0.4, 0.5) is 23.2 Å². The third-order valence-electron chi connectivity index (χ3n) is 3.01. The van der Waals surface area contributed by atoms with Crippen LogP contribution in [0.2, 0.25) is 0 Å². The Morgan fingerprint density at radius 2 is 1.85 bits per heavy atom. The smallest absolute Gasteiger partial charge is 0.393 e. The zero-order chi connectivity index (χ0) is 15.1. The van der Waals surface area contributed by atoms with Crippen molar-refractivity contribution in [3.05, 3.63) is 24.0 Å². The fraction of sp³-hybridized carbons (Fsp3) is 0.455. The summed E-state index contributed by atoms with van der Waals surface area (Å²) in [4.78, 5) is -1.15. The zero-order valence-electron chi connectivity index (χ0n) is 9.98. The van der Waals surface area contributed by atoms with Crippen LogP contribution in [-0.4, -0.2) is 31.2 Å². The van der Waals surface area contributed by atoms with E-state index >= 15 is 0 Å². The Kier molecular flexibility index (Phi) is 3.67. The molecule has 4 nitrogen and oxygen atoms in total. The van der Waals surface area contributed by atoms with Crippen LogP contribution in [0.5, 0.6) is 0 Å². The molecule has 1 aromatic rings. The molecule has 9 heteroatoms. The highest BCUT2D eigenvalue weighted by atomic mass is 32.2. The molecule has 1 fully saturated rings. The average molecular weight is 313 g/mol. The van der Waals surface area contributed by atoms with Crippen molar-refractivity contribution in [2.24, 2.45) is 0 Å². The molecule has 0 unspecified atom stereocenters. The van der Waals surface area contributed by atoms with Crippen LogP contribution >= 0.6 is 0 Å². The van der Waals surface area contributed by atoms with Gasteiger partial charge in [0.25, 0.3) is 9.84 Å². The van der Waals surface area contributed by atoms with Gasteiger partial charge in [-0.2, -0.15) is 13.2 Å². The molecule has 0 aromatic heterocycles. The van der Waals surface area contributed by atoms with E-state index in [9.17, 15) is 26.0 Å². The predicted molar refractivity (Wildman–Crippen MR) is 62.3 cm³/mol. The van der Waals surface area contributed by atoms with Gasteiger partial charge in [-0.15, -0.1) is 0 Å². The lowest BCUT2D eigenvalue weighted by Gasteiger charge is -2.33. The van der Waals surface area contributed by atoms with Gasteiger partial charge in [0.2, 0.25) is 0 Å². The van der Waals surface area contributed by atoms with Crippen LogP contribution in [0.25, 0.3) is 0 Å². The second-order valence-electron chi connectivity index (χ2n) is 4.56. The van der Waals surface area contributed by atoms with E-state index in [1.54, 1.807) is 0 Å². The Morgan fingerprint density at radius 3 is 2.35 bits per heavy atom. The molecule has 0 atom stereocenters. The first kappa shape index (κ1) is 15.0. The van der Waals surface area contributed by atoms with E-state index in [2.05, 4.69) is 5.32 Å². The van der Waals surface area contributed by atoms with Gasteiger partial charge in [0, 0.05) is 6.04 Å². The molecule has 1 aromatic carbocycles. The minimum Gasteiger partial charge on any atom is -0.393 e. The number of alkyl halides is 3. The van der Waals surface area contributed by atoms with Gasteiger partial charge in [0.1, 0.15) is 10.7 Å². The second kappa shape index (κ2) is 4.88. The number of aliphatic hydroxyl groups is 1. The molecule has 0 heterocycles. The molecule has 2 rings (SSSR count). The number of sulfone groups is 1. The Hall–Kier alpha value is -1.35. The van der Waals surface area contributed by atoms with Crippen LogP contribution < -0.4 is 5.32 Å². The third-order valence-corrected chi connectivity index (χ3v) is 4.54. The van der Waals surface area contributed by atoms with E-state index in [0.717, 1.165) is 12.1 Å². The number of hydrogen-bond donors (Lipinski definition) is 2. The van der Waals surface area contributed by atoms with Crippen molar-refractivity contribution >= 4 is 15.5 Å². The predicted octanol–water partition coefficient (Wildman–Crippen LogP) is 2.05. The number of anilines is 1. The van der Waals surface area contributed by atoms with E-state index in [1.807, 2.05) is 0 Å². The molecule has 1 aliphatic rings. The Bertz CT molecular complexity index is 609. The van der Waals surface area contributed by atoms with Gasteiger partial charge >= 0.3 is 5.51 Å². The summed E-state index contributed by atoms with van der Waals surface area (Å²) in [6.07, 6.45) is 0.0294. The topological polar surface area (TPSA) is 66.4 Å². The number of nitrogens with one attached hydrogen (secondary N) is 1. The number of benzene rings is 1. The standard InChI is InChI=1S/C11H11F4NO3S/c12-6-1-2-9(16-7-4-8(17)5-7)10(3-6)20(18,19)11(13,14)15/h1-3,7-8,16-17H,4-5H2. The summed E-state index contributed by atoms with van der Waals surface area (Å²) >= 11 is 0. The molecule has 2 N–H and O–H groups in total. The summed E-state index contributed by atoms with van der Waals surface area (Å²) in [5.41, 5.74) is -5.82. The Balaban J connectivity index is 2.39. The molecular weight excluding hydrogens is 302 g/mol. The van der Waals surface area contributed by atoms with Gasteiger partial charge in [-0.25, -0.2) is 12.8 Å². The summed E-state index contributed by atoms with van der Waals surface area (Å²) in [5.74, 6) is -1.08. The zero-order valence-corrected chi connectivity index (χ0v) is 10.8. The Labute approximate surface area is 112 Å². The van der Waals surface area contributed by atoms with Crippen molar-refractivity contribution in [1.82, 2.24) is 0 Å². The van der Waals surface area contributed by atoms with E-state index < -0.39 is 32.2 Å². The van der Waals surface area contributed by atoms with Crippen molar-refractivity contribution < 1.29 is 31.1 Å². The van der Waals surface area contributed by atoms with E-state index in [4.69, 9.17) is 5.11 Å². The lowest BCUT2D eigenvalue weighted by molar-refractivity contribution is -0.0435. The van der Waals surface area contributed by atoms with Crippen LogP contribution in [0.1, 0.15) is 12.8 Å². The first-order valence-corrected chi connectivity index (χ1v) is 7.15. The maximum absolute atomic E-state index is 13.1. The minimum absolute atomic E-state index is 0.295. The molecule has 0 aliphatic heterocycles. The van der Waals surface area contributed by atoms with Crippen molar-refractivity contribution in [2.45, 2.75) is 35.4 Å². The normalized spacial score (nSPS) is 23.2. The highest BCUT2D eigenvalue weighted by Gasteiger charge is 2.48. The number of rotatable bonds is 3. The first-order valence-electron chi connectivity index (χ1n) is 5.67. The van der Waals surface area contributed by atoms with E-state index in [0.29, 0.717) is 18.9 Å². The Morgan fingerprint density at radius 1 is 1.25 bits per heavy atom. The van der Waals surface area contributed by atoms with Crippen LogP contribution in [0.15, 0.2) is 23.1 Å². The average Bonchev–Trinajstić information content (AvgIpc) is 2.27. The molecule has 0 bridgehead atoms. The molecular formula is C11H11F4NO3S. The maximum atomic E-state index is 13.1. The van der Waals surface area contributed by atoms with Crippen LogP contribution in [-0.2, 0) is 9.84 Å². The highest BCUT2D eigenvalue weighted by Crippen LogP contribution is 2.36. The molecule has 1 aliphatic carbocycles. The summed E-state index contributed by atoms with van der Waals surface area (Å²) in [5, 5.41) is 11.7. The summed E-state index contributed by atoms with van der Waals surface area (Å²) < 4.78 is 73.5. The van der Waals surface area contributed by atoms with Crippen molar-refractivity contribution in [3.8, 4) is 0 Å². The maximum Gasteiger partial charge on any atom is 0.501 e. The molecule has 0 radical (unpaired) electrons. The third kappa shape index (κ3) is 2.73. The lowest BCUT2D eigenvalue weighted by atomic mass is 9.89. The first-order chi connectivity index (χ1) is 9.11. The lowest BCUT2D eigenvalue weighted by Crippen LogP contribution is -2.39. The fourth-order valence-electron chi connectivity index (χ4n) is 1.89. The van der Waals surface area contributed by atoms with Crippen LogP contribution in [0, 0.1) is 5.82 Å². The highest BCUT2D eigenvalue weighted by molar-refractivity contribution is 7.92. The minimum atomic E-state index is -5.64. The summed E-state index contributed by atoms with van der Waals surface area (Å²) in [6.45, 7) is 0. The number of aliphatic hydroxyl groups excluding tert-OH is 1. The SMILES string of the molecule is O=S(=O)(c1cc(F)ccc1NC1CC(O)C1)C(F)(F)F. The molecule has 0 saturated heterocycles. The summed E-state index contributed by atoms with van der Waals surface area (Å²) in [6, 6.07) is 1.81. The van der Waals surface area contributed by atoms with Gasteiger partial charge in [-0.1, -0.05) is 0 Å². The van der Waals surface area contributed by atoms with Crippen molar-refractivity contribution in [1.29, 1.82) is 0 Å². The van der Waals surface area contributed by atoms with Gasteiger partial charge in [-0.3, -0.25) is 0 Å². The van der Waals surface area contributed by atoms with Crippen molar-refractivity contribution in [3.63, 3.8) is 0 Å². The van der Waals surface area contributed by atoms with Crippen molar-refractivity contribution in [2.75, 3.05) is 5.32 Å². The van der Waals surface area contributed by atoms with E-state index in [-0.39, 0.29) is 11.7 Å². The van der Waals surface area contributed by atoms with Gasteiger partial charge in [0.05, 0.1) is 11.8 Å². The van der Waals surface area contributed by atoms with Crippen LogP contribution in [0.3, 0.4) is 0 Å². The number of hydrogen-bond acceptors (Lipinski definition) is 4. The molecule has 0 amide bonds. The molecule has 112 valence electrons. The molecule has 20 heavy (non-hydrogen) atoms.